The number of carbonyl (C=O) groups is 2. The molecule has 0 radical (unpaired) electrons. The molecule has 0 saturated carbocycles. The van der Waals surface area contributed by atoms with E-state index in [1.807, 2.05) is 12.1 Å². The molecule has 1 N–H and O–H groups in total. The van der Waals surface area contributed by atoms with Crippen molar-refractivity contribution in [1.29, 1.82) is 0 Å². The number of anilines is 2. The zero-order valence-electron chi connectivity index (χ0n) is 17.4. The molecule has 3 aromatic rings. The van der Waals surface area contributed by atoms with Crippen LogP contribution < -0.4 is 15.0 Å². The van der Waals surface area contributed by atoms with Crippen molar-refractivity contribution in [1.82, 2.24) is 0 Å². The van der Waals surface area contributed by atoms with Crippen molar-refractivity contribution in [3.63, 3.8) is 0 Å². The summed E-state index contributed by atoms with van der Waals surface area (Å²) in [5, 5.41) is 2.74. The lowest BCUT2D eigenvalue weighted by Gasteiger charge is -2.22. The number of ether oxygens (including phenoxy) is 1. The van der Waals surface area contributed by atoms with Gasteiger partial charge in [0.1, 0.15) is 11.6 Å². The van der Waals surface area contributed by atoms with Gasteiger partial charge in [-0.1, -0.05) is 29.8 Å². The van der Waals surface area contributed by atoms with Gasteiger partial charge in [-0.05, 0) is 55.5 Å². The van der Waals surface area contributed by atoms with Crippen molar-refractivity contribution in [2.24, 2.45) is 0 Å². The van der Waals surface area contributed by atoms with Crippen LogP contribution in [0.1, 0.15) is 27.6 Å². The highest BCUT2D eigenvalue weighted by molar-refractivity contribution is 7.99. The molecule has 32 heavy (non-hydrogen) atoms. The Morgan fingerprint density at radius 1 is 1.12 bits per heavy atom. The van der Waals surface area contributed by atoms with E-state index in [1.54, 1.807) is 56.5 Å². The Kier molecular flexibility index (Phi) is 6.15. The summed E-state index contributed by atoms with van der Waals surface area (Å²) in [4.78, 5) is 28.4. The normalized spacial score (nSPS) is 12.1. The largest absolute Gasteiger partial charge is 0.497 e. The minimum absolute atomic E-state index is 0.0612. The maximum atomic E-state index is 15.3. The molecule has 7 heteroatoms. The molecule has 3 aromatic carbocycles. The predicted molar refractivity (Wildman–Crippen MR) is 123 cm³/mol. The number of fused-ring (bicyclic) bond motifs is 2. The Morgan fingerprint density at radius 2 is 1.88 bits per heavy atom. The van der Waals surface area contributed by atoms with Gasteiger partial charge in [-0.3, -0.25) is 14.5 Å². The van der Waals surface area contributed by atoms with Gasteiger partial charge in [0, 0.05) is 21.0 Å². The van der Waals surface area contributed by atoms with E-state index in [-0.39, 0.29) is 24.0 Å². The number of rotatable bonds is 4. The van der Waals surface area contributed by atoms with E-state index in [0.29, 0.717) is 32.4 Å². The van der Waals surface area contributed by atoms with Crippen LogP contribution in [0.2, 0.25) is 0 Å². The summed E-state index contributed by atoms with van der Waals surface area (Å²) in [6, 6.07) is 16.6. The van der Waals surface area contributed by atoms with Gasteiger partial charge in [0.2, 0.25) is 0 Å². The molecule has 0 aromatic heterocycles. The van der Waals surface area contributed by atoms with Crippen LogP contribution in [-0.2, 0) is 0 Å². The van der Waals surface area contributed by atoms with Crippen molar-refractivity contribution >= 4 is 35.0 Å². The molecule has 0 bridgehead atoms. The molecule has 160 valence electrons. The van der Waals surface area contributed by atoms with Gasteiger partial charge in [-0.2, -0.15) is 0 Å². The van der Waals surface area contributed by atoms with E-state index >= 15 is 4.39 Å². The molecule has 0 spiro atoms. The summed E-state index contributed by atoms with van der Waals surface area (Å²) in [5.74, 6) is 4.93. The number of benzene rings is 3. The van der Waals surface area contributed by atoms with Crippen LogP contribution in [0.5, 0.6) is 5.75 Å². The zero-order chi connectivity index (χ0) is 22.7. The standard InChI is InChI=1S/C25H19FN2O3S/c1-3-4-13-28-23-20(26)14-17(27-24(29)16-9-11-18(31-2)12-10-16)15-22(23)32-21-8-6-5-7-19(21)25(28)30/h5-12,14-15H,13H2,1-2H3,(H,27,29). The Balaban J connectivity index is 1.73. The number of amides is 2. The highest BCUT2D eigenvalue weighted by Gasteiger charge is 2.30. The van der Waals surface area contributed by atoms with Crippen molar-refractivity contribution in [3.8, 4) is 17.6 Å². The molecule has 5 nitrogen and oxygen atoms in total. The van der Waals surface area contributed by atoms with Crippen molar-refractivity contribution in [3.05, 3.63) is 77.6 Å². The number of hydrogen-bond donors (Lipinski definition) is 1. The predicted octanol–water partition coefficient (Wildman–Crippen LogP) is 5.22. The van der Waals surface area contributed by atoms with Crippen molar-refractivity contribution in [2.75, 3.05) is 23.9 Å². The molecular formula is C25H19FN2O3S. The molecule has 0 saturated heterocycles. The molecule has 0 atom stereocenters. The van der Waals surface area contributed by atoms with Gasteiger partial charge >= 0.3 is 0 Å². The van der Waals surface area contributed by atoms with Crippen LogP contribution in [0.4, 0.5) is 15.8 Å². The van der Waals surface area contributed by atoms with Crippen molar-refractivity contribution in [2.45, 2.75) is 16.7 Å². The summed E-state index contributed by atoms with van der Waals surface area (Å²) in [5.41, 5.74) is 1.34. The Hall–Kier alpha value is -3.76. The summed E-state index contributed by atoms with van der Waals surface area (Å²) < 4.78 is 20.4. The lowest BCUT2D eigenvalue weighted by atomic mass is 10.1. The first kappa shape index (κ1) is 21.5. The summed E-state index contributed by atoms with van der Waals surface area (Å²) in [6.07, 6.45) is 0. The third-order valence-electron chi connectivity index (χ3n) is 4.90. The fourth-order valence-corrected chi connectivity index (χ4v) is 4.48. The van der Waals surface area contributed by atoms with Gasteiger partial charge in [0.15, 0.2) is 0 Å². The SMILES string of the molecule is CC#CCN1C(=O)c2ccccc2Sc2cc(NC(=O)c3ccc(OC)cc3)cc(F)c21. The monoisotopic (exact) mass is 446 g/mol. The number of nitrogens with zero attached hydrogens (tertiary/aromatic N) is 1. The molecule has 0 unspecified atom stereocenters. The second-order valence-corrected chi connectivity index (χ2v) is 7.99. The maximum absolute atomic E-state index is 15.3. The first-order valence-corrected chi connectivity index (χ1v) is 10.6. The van der Waals surface area contributed by atoms with E-state index in [2.05, 4.69) is 17.2 Å². The van der Waals surface area contributed by atoms with Gasteiger partial charge in [-0.15, -0.1) is 5.92 Å². The van der Waals surface area contributed by atoms with Gasteiger partial charge in [0.05, 0.1) is 24.9 Å². The minimum atomic E-state index is -0.612. The average Bonchev–Trinajstić information content (AvgIpc) is 2.92. The van der Waals surface area contributed by atoms with Crippen LogP contribution in [-0.4, -0.2) is 25.5 Å². The lowest BCUT2D eigenvalue weighted by Crippen LogP contribution is -2.32. The number of carbonyl (C=O) groups excluding carboxylic acids is 2. The zero-order valence-corrected chi connectivity index (χ0v) is 18.3. The summed E-state index contributed by atoms with van der Waals surface area (Å²) >= 11 is 1.28. The van der Waals surface area contributed by atoms with Crippen LogP contribution in [0.25, 0.3) is 0 Å². The molecule has 2 amide bonds. The molecule has 0 fully saturated rings. The van der Waals surface area contributed by atoms with E-state index < -0.39 is 5.82 Å². The summed E-state index contributed by atoms with van der Waals surface area (Å²) in [7, 11) is 1.55. The highest BCUT2D eigenvalue weighted by Crippen LogP contribution is 2.44. The van der Waals surface area contributed by atoms with E-state index in [4.69, 9.17) is 4.74 Å². The number of halogens is 1. The average molecular weight is 447 g/mol. The van der Waals surface area contributed by atoms with Crippen LogP contribution >= 0.6 is 11.8 Å². The molecule has 1 aliphatic rings. The second-order valence-electron chi connectivity index (χ2n) is 6.90. The van der Waals surface area contributed by atoms with Crippen LogP contribution in [0, 0.1) is 17.7 Å². The highest BCUT2D eigenvalue weighted by atomic mass is 32.2. The Labute approximate surface area is 189 Å². The summed E-state index contributed by atoms with van der Waals surface area (Å²) in [6.45, 7) is 1.73. The second kappa shape index (κ2) is 9.16. The maximum Gasteiger partial charge on any atom is 0.260 e. The van der Waals surface area contributed by atoms with Gasteiger partial charge in [0.25, 0.3) is 11.8 Å². The minimum Gasteiger partial charge on any atom is -0.497 e. The van der Waals surface area contributed by atoms with E-state index in [9.17, 15) is 9.59 Å². The quantitative estimate of drug-likeness (QED) is 0.558. The lowest BCUT2D eigenvalue weighted by molar-refractivity contribution is 0.0984. The molecule has 1 aliphatic heterocycles. The first-order valence-electron chi connectivity index (χ1n) is 9.79. The smallest absolute Gasteiger partial charge is 0.260 e. The van der Waals surface area contributed by atoms with Gasteiger partial charge in [-0.25, -0.2) is 4.39 Å². The molecular weight excluding hydrogens is 427 g/mol. The van der Waals surface area contributed by atoms with Crippen molar-refractivity contribution < 1.29 is 18.7 Å². The Bertz CT molecular complexity index is 1260. The number of nitrogens with one attached hydrogen (secondary N) is 1. The molecule has 0 aliphatic carbocycles. The molecule has 1 heterocycles. The van der Waals surface area contributed by atoms with Crippen LogP contribution in [0.3, 0.4) is 0 Å². The van der Waals surface area contributed by atoms with Crippen LogP contribution in [0.15, 0.2) is 70.5 Å². The first-order chi connectivity index (χ1) is 15.5. The van der Waals surface area contributed by atoms with E-state index in [1.165, 1.54) is 22.7 Å². The van der Waals surface area contributed by atoms with Gasteiger partial charge < -0.3 is 10.1 Å². The third-order valence-corrected chi connectivity index (χ3v) is 6.01. The number of methoxy groups -OCH3 is 1. The Morgan fingerprint density at radius 3 is 2.59 bits per heavy atom. The fourth-order valence-electron chi connectivity index (χ4n) is 3.34. The number of hydrogen-bond acceptors (Lipinski definition) is 4. The fraction of sp³-hybridized carbons (Fsp3) is 0.120. The topological polar surface area (TPSA) is 58.6 Å². The van der Waals surface area contributed by atoms with E-state index in [0.717, 1.165) is 0 Å². The molecule has 4 rings (SSSR count). The third kappa shape index (κ3) is 4.18.